The summed E-state index contributed by atoms with van der Waals surface area (Å²) in [4.78, 5) is 0. The average molecular weight is 216 g/mol. The van der Waals surface area contributed by atoms with Gasteiger partial charge in [0.05, 0.1) is 11.6 Å². The van der Waals surface area contributed by atoms with Crippen LogP contribution in [0.1, 0.15) is 24.0 Å². The lowest BCUT2D eigenvalue weighted by Crippen LogP contribution is -2.26. The lowest BCUT2D eigenvalue weighted by molar-refractivity contribution is 0.520. The molecule has 1 aromatic rings. The number of nitrogens with one attached hydrogen (secondary N) is 1. The van der Waals surface area contributed by atoms with E-state index in [1.165, 1.54) is 12.1 Å². The second-order valence-corrected chi connectivity index (χ2v) is 3.94. The van der Waals surface area contributed by atoms with Crippen LogP contribution in [0.2, 0.25) is 0 Å². The Labute approximate surface area is 94.4 Å². The predicted molar refractivity (Wildman–Crippen MR) is 60.1 cm³/mol. The number of hydrogen-bond donors (Lipinski definition) is 1. The first-order valence-corrected chi connectivity index (χ1v) is 5.36. The number of rotatable bonds is 3. The highest BCUT2D eigenvalue weighted by Gasteiger charge is 2.10. The van der Waals surface area contributed by atoms with Gasteiger partial charge in [0, 0.05) is 18.2 Å². The van der Waals surface area contributed by atoms with E-state index in [1.807, 2.05) is 6.07 Å². The highest BCUT2D eigenvalue weighted by molar-refractivity contribution is 5.33. The summed E-state index contributed by atoms with van der Waals surface area (Å²) < 4.78 is 13.4. The van der Waals surface area contributed by atoms with E-state index in [1.54, 1.807) is 6.07 Å². The van der Waals surface area contributed by atoms with Crippen molar-refractivity contribution in [1.82, 2.24) is 5.32 Å². The van der Waals surface area contributed by atoms with Gasteiger partial charge in [-0.25, -0.2) is 4.39 Å². The smallest absolute Gasteiger partial charge is 0.127 e. The quantitative estimate of drug-likeness (QED) is 0.788. The number of nitriles is 1. The van der Waals surface area contributed by atoms with Crippen molar-refractivity contribution in [3.05, 3.63) is 47.3 Å². The average Bonchev–Trinajstić information content (AvgIpc) is 2.81. The molecule has 1 aliphatic carbocycles. The zero-order valence-corrected chi connectivity index (χ0v) is 8.91. The highest BCUT2D eigenvalue weighted by Crippen LogP contribution is 2.13. The minimum Gasteiger partial charge on any atom is -0.309 e. The molecule has 0 bridgehead atoms. The van der Waals surface area contributed by atoms with Gasteiger partial charge in [0.1, 0.15) is 5.82 Å². The van der Waals surface area contributed by atoms with Gasteiger partial charge >= 0.3 is 0 Å². The molecule has 1 aliphatic rings. The fraction of sp³-hybridized carbons (Fsp3) is 0.308. The van der Waals surface area contributed by atoms with Crippen molar-refractivity contribution in [2.45, 2.75) is 25.4 Å². The van der Waals surface area contributed by atoms with E-state index < -0.39 is 0 Å². The molecule has 0 atom stereocenters. The van der Waals surface area contributed by atoms with E-state index in [-0.39, 0.29) is 5.82 Å². The van der Waals surface area contributed by atoms with Gasteiger partial charge in [-0.1, -0.05) is 12.2 Å². The number of benzene rings is 1. The first kappa shape index (κ1) is 10.8. The Balaban J connectivity index is 2.00. The molecule has 0 saturated carbocycles. The normalized spacial score (nSPS) is 15.2. The number of hydrogen-bond acceptors (Lipinski definition) is 2. The van der Waals surface area contributed by atoms with Crippen molar-refractivity contribution in [2.75, 3.05) is 0 Å². The third kappa shape index (κ3) is 2.47. The van der Waals surface area contributed by atoms with Gasteiger partial charge in [-0.2, -0.15) is 5.26 Å². The molecule has 0 saturated heterocycles. The fourth-order valence-electron chi connectivity index (χ4n) is 1.82. The van der Waals surface area contributed by atoms with Crippen LogP contribution in [-0.2, 0) is 6.54 Å². The zero-order valence-electron chi connectivity index (χ0n) is 8.91. The molecular formula is C13H13FN2. The topological polar surface area (TPSA) is 35.8 Å². The summed E-state index contributed by atoms with van der Waals surface area (Å²) >= 11 is 0. The van der Waals surface area contributed by atoms with Crippen LogP contribution in [0.15, 0.2) is 30.4 Å². The Morgan fingerprint density at radius 1 is 1.38 bits per heavy atom. The Hall–Kier alpha value is -1.66. The summed E-state index contributed by atoms with van der Waals surface area (Å²) in [5, 5.41) is 12.0. The first-order valence-electron chi connectivity index (χ1n) is 5.36. The predicted octanol–water partition coefficient (Wildman–Crippen LogP) is 2.51. The molecule has 16 heavy (non-hydrogen) atoms. The summed E-state index contributed by atoms with van der Waals surface area (Å²) in [5.74, 6) is -0.252. The van der Waals surface area contributed by atoms with E-state index in [9.17, 15) is 4.39 Å². The second kappa shape index (κ2) is 4.91. The van der Waals surface area contributed by atoms with Crippen molar-refractivity contribution < 1.29 is 4.39 Å². The van der Waals surface area contributed by atoms with Crippen molar-refractivity contribution in [2.24, 2.45) is 0 Å². The van der Waals surface area contributed by atoms with Gasteiger partial charge in [-0.05, 0) is 31.0 Å². The Bertz CT molecular complexity index is 438. The minimum absolute atomic E-state index is 0.252. The van der Waals surface area contributed by atoms with Crippen LogP contribution < -0.4 is 5.32 Å². The van der Waals surface area contributed by atoms with Gasteiger partial charge in [0.2, 0.25) is 0 Å². The third-order valence-electron chi connectivity index (χ3n) is 2.76. The van der Waals surface area contributed by atoms with Gasteiger partial charge in [0.15, 0.2) is 0 Å². The molecule has 0 radical (unpaired) electrons. The van der Waals surface area contributed by atoms with Crippen molar-refractivity contribution in [3.63, 3.8) is 0 Å². The van der Waals surface area contributed by atoms with Crippen molar-refractivity contribution in [3.8, 4) is 6.07 Å². The lowest BCUT2D eigenvalue weighted by Gasteiger charge is -2.12. The zero-order chi connectivity index (χ0) is 11.4. The van der Waals surface area contributed by atoms with E-state index in [4.69, 9.17) is 5.26 Å². The minimum atomic E-state index is -0.252. The molecular weight excluding hydrogens is 203 g/mol. The van der Waals surface area contributed by atoms with Crippen molar-refractivity contribution in [1.29, 1.82) is 5.26 Å². The summed E-state index contributed by atoms with van der Waals surface area (Å²) in [6, 6.07) is 6.87. The number of nitrogens with zero attached hydrogens (tertiary/aromatic N) is 1. The fourth-order valence-corrected chi connectivity index (χ4v) is 1.82. The molecule has 0 heterocycles. The summed E-state index contributed by atoms with van der Waals surface area (Å²) in [6.07, 6.45) is 6.25. The van der Waals surface area contributed by atoms with Crippen LogP contribution in [0.5, 0.6) is 0 Å². The molecule has 0 aromatic heterocycles. The lowest BCUT2D eigenvalue weighted by atomic mass is 10.1. The van der Waals surface area contributed by atoms with E-state index in [0.717, 1.165) is 12.8 Å². The molecule has 0 fully saturated rings. The van der Waals surface area contributed by atoms with Crippen LogP contribution in [0.4, 0.5) is 4.39 Å². The second-order valence-electron chi connectivity index (χ2n) is 3.94. The van der Waals surface area contributed by atoms with E-state index in [0.29, 0.717) is 23.7 Å². The molecule has 0 spiro atoms. The maximum Gasteiger partial charge on any atom is 0.127 e. The molecule has 1 aromatic carbocycles. The van der Waals surface area contributed by atoms with E-state index in [2.05, 4.69) is 17.5 Å². The third-order valence-corrected chi connectivity index (χ3v) is 2.76. The monoisotopic (exact) mass is 216 g/mol. The molecule has 2 rings (SSSR count). The largest absolute Gasteiger partial charge is 0.309 e. The summed E-state index contributed by atoms with van der Waals surface area (Å²) in [5.41, 5.74) is 1.06. The van der Waals surface area contributed by atoms with Crippen LogP contribution in [0, 0.1) is 17.1 Å². The molecule has 0 amide bonds. The SMILES string of the molecule is N#Cc1ccc(F)c(CNC2CC=CC2)c1. The standard InChI is InChI=1S/C13H13FN2/c14-13-6-5-10(8-15)7-11(13)9-16-12-3-1-2-4-12/h1-2,5-7,12,16H,3-4,9H2. The Morgan fingerprint density at radius 2 is 2.12 bits per heavy atom. The highest BCUT2D eigenvalue weighted by atomic mass is 19.1. The Kier molecular flexibility index (Phi) is 3.33. The molecule has 0 aliphatic heterocycles. The van der Waals surface area contributed by atoms with Gasteiger partial charge in [-0.15, -0.1) is 0 Å². The molecule has 3 heteroatoms. The van der Waals surface area contributed by atoms with Gasteiger partial charge in [0.25, 0.3) is 0 Å². The van der Waals surface area contributed by atoms with Crippen molar-refractivity contribution >= 4 is 0 Å². The van der Waals surface area contributed by atoms with Gasteiger partial charge in [-0.3, -0.25) is 0 Å². The first-order chi connectivity index (χ1) is 7.79. The van der Waals surface area contributed by atoms with Crippen LogP contribution in [-0.4, -0.2) is 6.04 Å². The maximum atomic E-state index is 13.4. The molecule has 2 nitrogen and oxygen atoms in total. The summed E-state index contributed by atoms with van der Waals surface area (Å²) in [7, 11) is 0. The van der Waals surface area contributed by atoms with Crippen LogP contribution in [0.3, 0.4) is 0 Å². The van der Waals surface area contributed by atoms with Crippen LogP contribution >= 0.6 is 0 Å². The van der Waals surface area contributed by atoms with Crippen LogP contribution in [0.25, 0.3) is 0 Å². The number of halogens is 1. The van der Waals surface area contributed by atoms with E-state index >= 15 is 0 Å². The molecule has 1 N–H and O–H groups in total. The molecule has 0 unspecified atom stereocenters. The van der Waals surface area contributed by atoms with Gasteiger partial charge < -0.3 is 5.32 Å². The maximum absolute atomic E-state index is 13.4. The Morgan fingerprint density at radius 3 is 2.81 bits per heavy atom. The molecule has 82 valence electrons. The summed E-state index contributed by atoms with van der Waals surface area (Å²) in [6.45, 7) is 0.480.